The van der Waals surface area contributed by atoms with Crippen LogP contribution in [0.25, 0.3) is 6.08 Å². The Bertz CT molecular complexity index is 1140. The molecule has 0 aromatic heterocycles. The van der Waals surface area contributed by atoms with Crippen molar-refractivity contribution in [2.45, 2.75) is 6.92 Å². The van der Waals surface area contributed by atoms with Gasteiger partial charge in [-0.3, -0.25) is 9.59 Å². The Balaban J connectivity index is 1.66. The zero-order chi connectivity index (χ0) is 23.6. The van der Waals surface area contributed by atoms with Gasteiger partial charge in [-0.25, -0.2) is 4.39 Å². The first-order chi connectivity index (χ1) is 16.0. The number of hydrogen-bond acceptors (Lipinski definition) is 5. The molecule has 3 rings (SSSR count). The first-order valence-electron chi connectivity index (χ1n) is 10.3. The summed E-state index contributed by atoms with van der Waals surface area (Å²) < 4.78 is 29.5. The minimum absolute atomic E-state index is 0.226. The van der Waals surface area contributed by atoms with E-state index < -0.39 is 5.82 Å². The van der Waals surface area contributed by atoms with Crippen molar-refractivity contribution in [3.05, 3.63) is 89.8 Å². The lowest BCUT2D eigenvalue weighted by atomic mass is 10.1. The molecule has 0 spiro atoms. The zero-order valence-corrected chi connectivity index (χ0v) is 18.3. The third-order valence-electron chi connectivity index (χ3n) is 4.56. The van der Waals surface area contributed by atoms with E-state index >= 15 is 0 Å². The standard InChI is InChI=1S/C26H24FNO5/c1-3-32-25-16-18(8-14-22(29)19-10-12-20(27)13-11-19)9-15-24(25)33-17-26(30)28-21-6-4-5-7-23(21)31-2/h4-16H,3,17H2,1-2H3,(H,28,30)/b14-8+. The van der Waals surface area contributed by atoms with Crippen LogP contribution in [-0.2, 0) is 4.79 Å². The normalized spacial score (nSPS) is 10.6. The highest BCUT2D eigenvalue weighted by Crippen LogP contribution is 2.29. The molecule has 170 valence electrons. The molecule has 3 aromatic rings. The molecule has 3 aromatic carbocycles. The molecule has 0 radical (unpaired) electrons. The molecule has 0 aliphatic rings. The number of halogens is 1. The zero-order valence-electron chi connectivity index (χ0n) is 18.3. The molecule has 0 saturated heterocycles. The van der Waals surface area contributed by atoms with Gasteiger partial charge in [0.1, 0.15) is 11.6 Å². The molecule has 0 saturated carbocycles. The highest BCUT2D eigenvalue weighted by atomic mass is 19.1. The van der Waals surface area contributed by atoms with Crippen LogP contribution in [0.2, 0.25) is 0 Å². The molecular weight excluding hydrogens is 425 g/mol. The van der Waals surface area contributed by atoms with E-state index in [2.05, 4.69) is 5.32 Å². The molecule has 0 heterocycles. The smallest absolute Gasteiger partial charge is 0.262 e. The van der Waals surface area contributed by atoms with Gasteiger partial charge in [-0.15, -0.1) is 0 Å². The highest BCUT2D eigenvalue weighted by Gasteiger charge is 2.11. The van der Waals surface area contributed by atoms with Gasteiger partial charge >= 0.3 is 0 Å². The summed E-state index contributed by atoms with van der Waals surface area (Å²) in [6, 6.07) is 17.5. The second kappa shape index (κ2) is 11.5. The number of para-hydroxylation sites is 2. The maximum Gasteiger partial charge on any atom is 0.262 e. The summed E-state index contributed by atoms with van der Waals surface area (Å²) in [6.45, 7) is 2.00. The molecule has 0 fully saturated rings. The number of nitrogens with one attached hydrogen (secondary N) is 1. The molecule has 0 bridgehead atoms. The Hall–Kier alpha value is -4.13. The van der Waals surface area contributed by atoms with Crippen LogP contribution in [-0.4, -0.2) is 32.0 Å². The van der Waals surface area contributed by atoms with Gasteiger partial charge < -0.3 is 19.5 Å². The van der Waals surface area contributed by atoms with Crippen molar-refractivity contribution in [3.8, 4) is 17.2 Å². The summed E-state index contributed by atoms with van der Waals surface area (Å²) in [5.74, 6) is 0.390. The lowest BCUT2D eigenvalue weighted by molar-refractivity contribution is -0.118. The molecule has 6 nitrogen and oxygen atoms in total. The fourth-order valence-corrected chi connectivity index (χ4v) is 2.98. The first-order valence-corrected chi connectivity index (χ1v) is 10.3. The van der Waals surface area contributed by atoms with E-state index in [0.29, 0.717) is 40.7 Å². The van der Waals surface area contributed by atoms with Gasteiger partial charge in [0.25, 0.3) is 5.91 Å². The largest absolute Gasteiger partial charge is 0.495 e. The molecule has 0 aliphatic carbocycles. The maximum atomic E-state index is 13.0. The van der Waals surface area contributed by atoms with E-state index in [1.54, 1.807) is 42.5 Å². The van der Waals surface area contributed by atoms with Crippen molar-refractivity contribution in [2.24, 2.45) is 0 Å². The molecule has 0 atom stereocenters. The van der Waals surface area contributed by atoms with Crippen LogP contribution in [0.3, 0.4) is 0 Å². The van der Waals surface area contributed by atoms with Gasteiger partial charge in [0.05, 0.1) is 19.4 Å². The number of methoxy groups -OCH3 is 1. The van der Waals surface area contributed by atoms with Crippen LogP contribution in [0.5, 0.6) is 17.2 Å². The molecule has 0 unspecified atom stereocenters. The van der Waals surface area contributed by atoms with Crippen molar-refractivity contribution >= 4 is 23.5 Å². The van der Waals surface area contributed by atoms with Crippen LogP contribution in [0.4, 0.5) is 10.1 Å². The van der Waals surface area contributed by atoms with Gasteiger partial charge in [0, 0.05) is 5.56 Å². The molecule has 0 aliphatic heterocycles. The fourth-order valence-electron chi connectivity index (χ4n) is 2.98. The molecule has 33 heavy (non-hydrogen) atoms. The van der Waals surface area contributed by atoms with Crippen LogP contribution in [0, 0.1) is 5.82 Å². The molecule has 1 N–H and O–H groups in total. The summed E-state index contributed by atoms with van der Waals surface area (Å²) >= 11 is 0. The van der Waals surface area contributed by atoms with Crippen LogP contribution >= 0.6 is 0 Å². The van der Waals surface area contributed by atoms with E-state index in [9.17, 15) is 14.0 Å². The number of rotatable bonds is 10. The summed E-state index contributed by atoms with van der Waals surface area (Å²) in [6.07, 6.45) is 3.03. The minimum atomic E-state index is -0.399. The monoisotopic (exact) mass is 449 g/mol. The SMILES string of the molecule is CCOc1cc(/C=C/C(=O)c2ccc(F)cc2)ccc1OCC(=O)Nc1ccccc1OC. The number of ether oxygens (including phenoxy) is 3. The summed E-state index contributed by atoms with van der Waals surface area (Å²) in [4.78, 5) is 24.6. The number of benzene rings is 3. The van der Waals surface area contributed by atoms with Crippen molar-refractivity contribution in [3.63, 3.8) is 0 Å². The van der Waals surface area contributed by atoms with Gasteiger partial charge in [0.15, 0.2) is 23.9 Å². The molecule has 7 heteroatoms. The van der Waals surface area contributed by atoms with Crippen LogP contribution < -0.4 is 19.5 Å². The second-order valence-electron chi connectivity index (χ2n) is 6.88. The van der Waals surface area contributed by atoms with E-state index in [1.807, 2.05) is 13.0 Å². The Kier molecular flexibility index (Phi) is 8.18. The topological polar surface area (TPSA) is 73.9 Å². The quantitative estimate of drug-likeness (QED) is 0.342. The number of carbonyl (C=O) groups excluding carboxylic acids is 2. The molecular formula is C26H24FNO5. The van der Waals surface area contributed by atoms with Crippen LogP contribution in [0.1, 0.15) is 22.8 Å². The third kappa shape index (κ3) is 6.67. The number of allylic oxidation sites excluding steroid dienone is 1. The average Bonchev–Trinajstić information content (AvgIpc) is 2.83. The predicted molar refractivity (Wildman–Crippen MR) is 124 cm³/mol. The molecule has 1 amide bonds. The van der Waals surface area contributed by atoms with E-state index in [1.165, 1.54) is 37.5 Å². The van der Waals surface area contributed by atoms with Crippen molar-refractivity contribution in [2.75, 3.05) is 25.6 Å². The van der Waals surface area contributed by atoms with Gasteiger partial charge in [-0.2, -0.15) is 0 Å². The van der Waals surface area contributed by atoms with Gasteiger partial charge in [-0.1, -0.05) is 24.3 Å². The fraction of sp³-hybridized carbons (Fsp3) is 0.154. The minimum Gasteiger partial charge on any atom is -0.495 e. The van der Waals surface area contributed by atoms with E-state index in [4.69, 9.17) is 14.2 Å². The number of carbonyl (C=O) groups is 2. The first kappa shape index (κ1) is 23.5. The second-order valence-corrected chi connectivity index (χ2v) is 6.88. The lowest BCUT2D eigenvalue weighted by Gasteiger charge is -2.13. The lowest BCUT2D eigenvalue weighted by Crippen LogP contribution is -2.20. The highest BCUT2D eigenvalue weighted by molar-refractivity contribution is 6.06. The van der Waals surface area contributed by atoms with E-state index in [-0.39, 0.29) is 18.3 Å². The summed E-state index contributed by atoms with van der Waals surface area (Å²) in [5.41, 5.74) is 1.64. The Labute approximate surface area is 191 Å². The Morgan fingerprint density at radius 1 is 0.939 bits per heavy atom. The number of ketones is 1. The van der Waals surface area contributed by atoms with Crippen LogP contribution in [0.15, 0.2) is 72.8 Å². The van der Waals surface area contributed by atoms with Crippen molar-refractivity contribution in [1.29, 1.82) is 0 Å². The Morgan fingerprint density at radius 3 is 2.42 bits per heavy atom. The Morgan fingerprint density at radius 2 is 1.70 bits per heavy atom. The van der Waals surface area contributed by atoms with E-state index in [0.717, 1.165) is 0 Å². The average molecular weight is 449 g/mol. The number of hydrogen-bond donors (Lipinski definition) is 1. The summed E-state index contributed by atoms with van der Waals surface area (Å²) in [5, 5.41) is 2.74. The van der Waals surface area contributed by atoms with Gasteiger partial charge in [0.2, 0.25) is 0 Å². The van der Waals surface area contributed by atoms with Crippen molar-refractivity contribution in [1.82, 2.24) is 0 Å². The predicted octanol–water partition coefficient (Wildman–Crippen LogP) is 5.15. The van der Waals surface area contributed by atoms with Gasteiger partial charge in [-0.05, 0) is 67.1 Å². The number of amides is 1. The third-order valence-corrected chi connectivity index (χ3v) is 4.56. The maximum absolute atomic E-state index is 13.0. The summed E-state index contributed by atoms with van der Waals surface area (Å²) in [7, 11) is 1.53. The van der Waals surface area contributed by atoms with Crippen molar-refractivity contribution < 1.29 is 28.2 Å². The number of anilines is 1.